The van der Waals surface area contributed by atoms with E-state index >= 15 is 0 Å². The molecule has 1 rings (SSSR count). The van der Waals surface area contributed by atoms with Crippen LogP contribution in [0.15, 0.2) is 0 Å². The Balaban J connectivity index is 2.40. The molecule has 0 aromatic heterocycles. The Morgan fingerprint density at radius 2 is 2.31 bits per heavy atom. The summed E-state index contributed by atoms with van der Waals surface area (Å²) in [6.45, 7) is 4.30. The third-order valence-electron chi connectivity index (χ3n) is 3.05. The molecule has 16 heavy (non-hydrogen) atoms. The number of hydrogen-bond acceptors (Lipinski definition) is 4. The van der Waals surface area contributed by atoms with Gasteiger partial charge in [0.15, 0.2) is 0 Å². The fourth-order valence-corrected chi connectivity index (χ4v) is 2.07. The smallest absolute Gasteiger partial charge is 0.227 e. The van der Waals surface area contributed by atoms with Crippen LogP contribution in [0.5, 0.6) is 0 Å². The van der Waals surface area contributed by atoms with Crippen molar-refractivity contribution in [1.82, 2.24) is 10.2 Å². The molecule has 0 saturated carbocycles. The van der Waals surface area contributed by atoms with Crippen LogP contribution >= 0.6 is 0 Å². The van der Waals surface area contributed by atoms with Crippen molar-refractivity contribution in [2.45, 2.75) is 13.0 Å². The highest BCUT2D eigenvalue weighted by Crippen LogP contribution is 2.18. The van der Waals surface area contributed by atoms with Crippen LogP contribution in [0, 0.1) is 11.8 Å². The van der Waals surface area contributed by atoms with Crippen molar-refractivity contribution < 1.29 is 14.6 Å². The molecule has 1 fully saturated rings. The quantitative estimate of drug-likeness (QED) is 0.656. The molecule has 1 saturated heterocycles. The third-order valence-corrected chi connectivity index (χ3v) is 3.05. The van der Waals surface area contributed by atoms with Gasteiger partial charge in [0.1, 0.15) is 0 Å². The van der Waals surface area contributed by atoms with E-state index in [1.165, 1.54) is 7.11 Å². The summed E-state index contributed by atoms with van der Waals surface area (Å²) in [6.07, 6.45) is -0.608. The topological polar surface area (TPSA) is 61.8 Å². The minimum Gasteiger partial charge on any atom is -0.389 e. The SMILES string of the molecule is COCC(O)CN(C)C(=O)[C@@H]1CNC[C@H]1C. The summed E-state index contributed by atoms with van der Waals surface area (Å²) in [4.78, 5) is 13.6. The Hall–Kier alpha value is -0.650. The highest BCUT2D eigenvalue weighted by molar-refractivity contribution is 5.79. The van der Waals surface area contributed by atoms with Gasteiger partial charge in [-0.1, -0.05) is 6.92 Å². The molecule has 94 valence electrons. The van der Waals surface area contributed by atoms with Crippen molar-refractivity contribution in [2.24, 2.45) is 11.8 Å². The highest BCUT2D eigenvalue weighted by Gasteiger charge is 2.31. The van der Waals surface area contributed by atoms with Crippen LogP contribution in [0.25, 0.3) is 0 Å². The number of carbonyl (C=O) groups is 1. The molecule has 0 aromatic carbocycles. The number of aliphatic hydroxyl groups is 1. The van der Waals surface area contributed by atoms with E-state index < -0.39 is 6.10 Å². The number of aliphatic hydroxyl groups excluding tert-OH is 1. The Morgan fingerprint density at radius 3 is 2.81 bits per heavy atom. The number of hydrogen-bond donors (Lipinski definition) is 2. The van der Waals surface area contributed by atoms with Gasteiger partial charge in [0.2, 0.25) is 5.91 Å². The first-order valence-electron chi connectivity index (χ1n) is 5.69. The van der Waals surface area contributed by atoms with Crippen LogP contribution in [0.2, 0.25) is 0 Å². The zero-order valence-corrected chi connectivity index (χ0v) is 10.3. The first-order valence-corrected chi connectivity index (χ1v) is 5.69. The van der Waals surface area contributed by atoms with E-state index in [4.69, 9.17) is 4.74 Å². The Morgan fingerprint density at radius 1 is 1.62 bits per heavy atom. The van der Waals surface area contributed by atoms with E-state index in [0.717, 1.165) is 13.1 Å². The summed E-state index contributed by atoms with van der Waals surface area (Å²) in [6, 6.07) is 0. The monoisotopic (exact) mass is 230 g/mol. The summed E-state index contributed by atoms with van der Waals surface area (Å²) in [5, 5.41) is 12.7. The van der Waals surface area contributed by atoms with E-state index in [2.05, 4.69) is 12.2 Å². The molecular weight excluding hydrogens is 208 g/mol. The van der Waals surface area contributed by atoms with E-state index in [0.29, 0.717) is 12.5 Å². The van der Waals surface area contributed by atoms with Gasteiger partial charge in [-0.15, -0.1) is 0 Å². The lowest BCUT2D eigenvalue weighted by atomic mass is 9.97. The number of amides is 1. The summed E-state index contributed by atoms with van der Waals surface area (Å²) in [7, 11) is 3.26. The second kappa shape index (κ2) is 6.18. The molecule has 0 bridgehead atoms. The maximum absolute atomic E-state index is 12.0. The van der Waals surface area contributed by atoms with Gasteiger partial charge in [0.05, 0.1) is 18.6 Å². The zero-order valence-electron chi connectivity index (χ0n) is 10.3. The fourth-order valence-electron chi connectivity index (χ4n) is 2.07. The Kier molecular flexibility index (Phi) is 5.18. The first-order chi connectivity index (χ1) is 7.56. The van der Waals surface area contributed by atoms with E-state index in [-0.39, 0.29) is 18.4 Å². The number of likely N-dealkylation sites (N-methyl/N-ethyl adjacent to an activating group) is 1. The van der Waals surface area contributed by atoms with Crippen molar-refractivity contribution in [3.63, 3.8) is 0 Å². The maximum Gasteiger partial charge on any atom is 0.227 e. The van der Waals surface area contributed by atoms with Crippen molar-refractivity contribution in [1.29, 1.82) is 0 Å². The number of carbonyl (C=O) groups excluding carboxylic acids is 1. The minimum atomic E-state index is -0.608. The Bertz CT molecular complexity index is 235. The van der Waals surface area contributed by atoms with Crippen LogP contribution in [0.4, 0.5) is 0 Å². The average Bonchev–Trinajstić information content (AvgIpc) is 2.63. The van der Waals surface area contributed by atoms with Gasteiger partial charge in [-0.25, -0.2) is 0 Å². The maximum atomic E-state index is 12.0. The van der Waals surface area contributed by atoms with Gasteiger partial charge in [-0.3, -0.25) is 4.79 Å². The van der Waals surface area contributed by atoms with E-state index in [9.17, 15) is 9.90 Å². The van der Waals surface area contributed by atoms with Gasteiger partial charge in [0, 0.05) is 27.2 Å². The van der Waals surface area contributed by atoms with Gasteiger partial charge >= 0.3 is 0 Å². The normalized spacial score (nSPS) is 26.8. The molecule has 0 radical (unpaired) electrons. The third kappa shape index (κ3) is 3.43. The summed E-state index contributed by atoms with van der Waals surface area (Å²) in [5.74, 6) is 0.516. The molecule has 1 unspecified atom stereocenters. The van der Waals surface area contributed by atoms with Crippen LogP contribution in [-0.2, 0) is 9.53 Å². The number of methoxy groups -OCH3 is 1. The second-order valence-corrected chi connectivity index (χ2v) is 4.57. The molecule has 0 spiro atoms. The van der Waals surface area contributed by atoms with E-state index in [1.807, 2.05) is 0 Å². The van der Waals surface area contributed by atoms with Crippen LogP contribution < -0.4 is 5.32 Å². The van der Waals surface area contributed by atoms with Crippen molar-refractivity contribution in [3.8, 4) is 0 Å². The lowest BCUT2D eigenvalue weighted by molar-refractivity contribution is -0.136. The van der Waals surface area contributed by atoms with Gasteiger partial charge in [-0.2, -0.15) is 0 Å². The number of ether oxygens (including phenoxy) is 1. The summed E-state index contributed by atoms with van der Waals surface area (Å²) < 4.78 is 4.83. The van der Waals surface area contributed by atoms with Crippen LogP contribution in [-0.4, -0.2) is 62.4 Å². The predicted molar refractivity (Wildman–Crippen MR) is 61.0 cm³/mol. The van der Waals surface area contributed by atoms with Crippen LogP contribution in [0.1, 0.15) is 6.92 Å². The number of nitrogens with one attached hydrogen (secondary N) is 1. The molecule has 3 atom stereocenters. The second-order valence-electron chi connectivity index (χ2n) is 4.57. The van der Waals surface area contributed by atoms with Gasteiger partial charge in [-0.05, 0) is 12.5 Å². The fraction of sp³-hybridized carbons (Fsp3) is 0.909. The molecule has 1 heterocycles. The molecular formula is C11H22N2O3. The molecule has 2 N–H and O–H groups in total. The molecule has 5 nitrogen and oxygen atoms in total. The lowest BCUT2D eigenvalue weighted by Crippen LogP contribution is -2.41. The zero-order chi connectivity index (χ0) is 12.1. The molecule has 1 aliphatic rings. The van der Waals surface area contributed by atoms with Gasteiger partial charge < -0.3 is 20.1 Å². The van der Waals surface area contributed by atoms with Gasteiger partial charge in [0.25, 0.3) is 0 Å². The predicted octanol–water partition coefficient (Wildman–Crippen LogP) is -0.692. The number of nitrogens with zero attached hydrogens (tertiary/aromatic N) is 1. The standard InChI is InChI=1S/C11H22N2O3/c1-8-4-12-5-10(8)11(15)13(2)6-9(14)7-16-3/h8-10,12,14H,4-7H2,1-3H3/t8-,9?,10-/m1/s1. The van der Waals surface area contributed by atoms with Crippen molar-refractivity contribution >= 4 is 5.91 Å². The average molecular weight is 230 g/mol. The molecule has 0 aliphatic carbocycles. The largest absolute Gasteiger partial charge is 0.389 e. The highest BCUT2D eigenvalue weighted by atomic mass is 16.5. The summed E-state index contributed by atoms with van der Waals surface area (Å²) >= 11 is 0. The summed E-state index contributed by atoms with van der Waals surface area (Å²) in [5.41, 5.74) is 0. The van der Waals surface area contributed by atoms with Crippen LogP contribution in [0.3, 0.4) is 0 Å². The molecule has 1 aliphatic heterocycles. The minimum absolute atomic E-state index is 0.0414. The Labute approximate surface area is 96.8 Å². The van der Waals surface area contributed by atoms with E-state index in [1.54, 1.807) is 11.9 Å². The first kappa shape index (κ1) is 13.4. The lowest BCUT2D eigenvalue weighted by Gasteiger charge is -2.24. The van der Waals surface area contributed by atoms with Crippen molar-refractivity contribution in [3.05, 3.63) is 0 Å². The number of rotatable bonds is 5. The molecule has 5 heteroatoms. The molecule has 0 aromatic rings. The van der Waals surface area contributed by atoms with Crippen molar-refractivity contribution in [2.75, 3.05) is 40.4 Å². The molecule has 1 amide bonds.